The number of hydrogen-bond donors (Lipinski definition) is 2. The molecule has 11 heteroatoms. The number of nitrogens with one attached hydrogen (secondary N) is 1. The third-order valence-electron chi connectivity index (χ3n) is 4.99. The number of imidazole rings is 1. The number of amides is 2. The predicted octanol–water partition coefficient (Wildman–Crippen LogP) is 6.70. The number of halogens is 4. The number of unbranched alkanes of at least 4 members (excludes halogenated alkanes) is 1. The van der Waals surface area contributed by atoms with Crippen LogP contribution in [-0.4, -0.2) is 33.0 Å². The fourth-order valence-electron chi connectivity index (χ4n) is 3.30. The summed E-state index contributed by atoms with van der Waals surface area (Å²) < 4.78 is 1.82. The summed E-state index contributed by atoms with van der Waals surface area (Å²) in [5, 5.41) is 4.54. The fraction of sp³-hybridized carbons (Fsp3) is 0.261. The molecule has 2 amide bonds. The van der Waals surface area contributed by atoms with Gasteiger partial charge >= 0.3 is 6.03 Å². The van der Waals surface area contributed by atoms with E-state index in [2.05, 4.69) is 15.3 Å². The second kappa shape index (κ2) is 12.3. The molecule has 1 atom stereocenters. The Hall–Kier alpha value is -2.45. The Bertz CT molecular complexity index is 1150. The molecule has 3 rings (SSSR count). The van der Waals surface area contributed by atoms with Crippen molar-refractivity contribution >= 4 is 64.1 Å². The second-order valence-corrected chi connectivity index (χ2v) is 9.15. The van der Waals surface area contributed by atoms with Gasteiger partial charge in [-0.1, -0.05) is 65.8 Å². The lowest BCUT2D eigenvalue weighted by Crippen LogP contribution is -2.50. The first-order valence-corrected chi connectivity index (χ1v) is 12.1. The molecule has 0 aliphatic carbocycles. The standard InChI is InChI=1S/C23H24Cl4N6O/c1-2-3-8-30-23(34)33(22(28)31-20-7-5-16(25)12-19(20)27)21(13-32-10-9-29-14-32)17-6-4-15(24)11-18(17)26/h4-7,9-12,14,21H,2-3,8,13H2,1H3,(H2,28,31)(H,30,34). The molecule has 3 N–H and O–H groups in total. The van der Waals surface area contributed by atoms with Crippen molar-refractivity contribution < 1.29 is 4.79 Å². The molecule has 0 fully saturated rings. The molecule has 2 aromatic carbocycles. The monoisotopic (exact) mass is 540 g/mol. The topological polar surface area (TPSA) is 88.5 Å². The molecule has 3 aromatic rings. The first-order chi connectivity index (χ1) is 16.3. The molecule has 0 saturated carbocycles. The van der Waals surface area contributed by atoms with Gasteiger partial charge in [-0.25, -0.2) is 14.8 Å². The van der Waals surface area contributed by atoms with E-state index in [-0.39, 0.29) is 5.96 Å². The number of guanidine groups is 1. The quantitative estimate of drug-likeness (QED) is 0.189. The van der Waals surface area contributed by atoms with Crippen LogP contribution in [0.1, 0.15) is 31.4 Å². The van der Waals surface area contributed by atoms with Gasteiger partial charge in [-0.15, -0.1) is 0 Å². The number of rotatable bonds is 8. The lowest BCUT2D eigenvalue weighted by molar-refractivity contribution is 0.202. The minimum absolute atomic E-state index is 0.0608. The van der Waals surface area contributed by atoms with Gasteiger partial charge in [0.1, 0.15) is 0 Å². The molecule has 180 valence electrons. The summed E-state index contributed by atoms with van der Waals surface area (Å²) in [5.41, 5.74) is 7.46. The SMILES string of the molecule is CCCCNC(=O)N(C(N)=Nc1ccc(Cl)cc1Cl)C(Cn1ccnc1)c1ccc(Cl)cc1Cl. The predicted molar refractivity (Wildman–Crippen MR) is 139 cm³/mol. The molecule has 0 saturated heterocycles. The number of aliphatic imine (C=N–C) groups is 1. The van der Waals surface area contributed by atoms with E-state index in [9.17, 15) is 4.79 Å². The number of urea groups is 1. The van der Waals surface area contributed by atoms with E-state index in [0.29, 0.717) is 44.4 Å². The van der Waals surface area contributed by atoms with E-state index in [0.717, 1.165) is 12.8 Å². The van der Waals surface area contributed by atoms with Crippen molar-refractivity contribution in [2.24, 2.45) is 10.7 Å². The minimum Gasteiger partial charge on any atom is -0.369 e. The van der Waals surface area contributed by atoms with Gasteiger partial charge in [0.15, 0.2) is 0 Å². The Morgan fingerprint density at radius 3 is 2.47 bits per heavy atom. The molecule has 1 aromatic heterocycles. The zero-order valence-corrected chi connectivity index (χ0v) is 21.4. The lowest BCUT2D eigenvalue weighted by atomic mass is 10.1. The van der Waals surface area contributed by atoms with E-state index in [1.807, 2.05) is 11.5 Å². The molecule has 7 nitrogen and oxygen atoms in total. The van der Waals surface area contributed by atoms with Crippen molar-refractivity contribution in [1.29, 1.82) is 0 Å². The molecule has 0 aliphatic rings. The average Bonchev–Trinajstić information content (AvgIpc) is 3.29. The van der Waals surface area contributed by atoms with Gasteiger partial charge in [-0.3, -0.25) is 4.90 Å². The smallest absolute Gasteiger partial charge is 0.324 e. The molecule has 0 spiro atoms. The first kappa shape index (κ1) is 26.2. The van der Waals surface area contributed by atoms with Crippen molar-refractivity contribution in [1.82, 2.24) is 19.8 Å². The van der Waals surface area contributed by atoms with Crippen LogP contribution in [0.3, 0.4) is 0 Å². The van der Waals surface area contributed by atoms with Crippen LogP contribution < -0.4 is 11.1 Å². The van der Waals surface area contributed by atoms with E-state index in [4.69, 9.17) is 52.1 Å². The molecular weight excluding hydrogens is 518 g/mol. The highest BCUT2D eigenvalue weighted by Gasteiger charge is 2.30. The van der Waals surface area contributed by atoms with Crippen molar-refractivity contribution in [2.75, 3.05) is 6.54 Å². The highest BCUT2D eigenvalue weighted by atomic mass is 35.5. The maximum Gasteiger partial charge on any atom is 0.324 e. The van der Waals surface area contributed by atoms with Crippen molar-refractivity contribution in [3.8, 4) is 0 Å². The maximum atomic E-state index is 13.4. The van der Waals surface area contributed by atoms with Crippen LogP contribution in [0.2, 0.25) is 20.1 Å². The number of carbonyl (C=O) groups excluding carboxylic acids is 1. The Kier molecular flexibility index (Phi) is 9.47. The molecule has 1 unspecified atom stereocenters. The fourth-order valence-corrected chi connectivity index (χ4v) is 4.28. The van der Waals surface area contributed by atoms with E-state index in [1.54, 1.807) is 55.1 Å². The minimum atomic E-state index is -0.629. The zero-order chi connectivity index (χ0) is 24.7. The van der Waals surface area contributed by atoms with Gasteiger partial charge in [0.2, 0.25) is 5.96 Å². The van der Waals surface area contributed by atoms with Crippen molar-refractivity contribution in [2.45, 2.75) is 32.4 Å². The molecule has 0 radical (unpaired) electrons. The van der Waals surface area contributed by atoms with Crippen LogP contribution in [0.4, 0.5) is 10.5 Å². The molecule has 0 bridgehead atoms. The summed E-state index contributed by atoms with van der Waals surface area (Å²) in [7, 11) is 0. The van der Waals surface area contributed by atoms with E-state index < -0.39 is 12.1 Å². The summed E-state index contributed by atoms with van der Waals surface area (Å²) in [5.74, 6) is -0.0608. The maximum absolute atomic E-state index is 13.4. The van der Waals surface area contributed by atoms with Crippen molar-refractivity contribution in [3.05, 3.63) is 80.8 Å². The summed E-state index contributed by atoms with van der Waals surface area (Å²) in [6.07, 6.45) is 6.82. The van der Waals surface area contributed by atoms with Crippen LogP contribution >= 0.6 is 46.4 Å². The summed E-state index contributed by atoms with van der Waals surface area (Å²) in [6, 6.07) is 8.87. The second-order valence-electron chi connectivity index (χ2n) is 7.46. The first-order valence-electron chi connectivity index (χ1n) is 10.6. The van der Waals surface area contributed by atoms with Gasteiger partial charge in [-0.2, -0.15) is 0 Å². The van der Waals surface area contributed by atoms with Crippen molar-refractivity contribution in [3.63, 3.8) is 0 Å². The van der Waals surface area contributed by atoms with E-state index >= 15 is 0 Å². The van der Waals surface area contributed by atoms with Gasteiger partial charge in [0.05, 0.1) is 23.1 Å². The number of aromatic nitrogens is 2. The number of hydrogen-bond acceptors (Lipinski definition) is 3. The number of nitrogens with two attached hydrogens (primary N) is 1. The molecule has 34 heavy (non-hydrogen) atoms. The highest BCUT2D eigenvalue weighted by Crippen LogP contribution is 2.33. The van der Waals surface area contributed by atoms with Crippen LogP contribution in [0, 0.1) is 0 Å². The molecule has 0 aliphatic heterocycles. The van der Waals surface area contributed by atoms with Gasteiger partial charge in [0.25, 0.3) is 0 Å². The highest BCUT2D eigenvalue weighted by molar-refractivity contribution is 6.36. The van der Waals surface area contributed by atoms with Crippen LogP contribution in [0.15, 0.2) is 60.1 Å². The van der Waals surface area contributed by atoms with Crippen LogP contribution in [0.25, 0.3) is 0 Å². The Labute approximate surface area is 218 Å². The normalized spacial score (nSPS) is 12.4. The summed E-state index contributed by atoms with van der Waals surface area (Å²) >= 11 is 25.0. The third kappa shape index (κ3) is 6.79. The largest absolute Gasteiger partial charge is 0.369 e. The molecular formula is C23H24Cl4N6O. The Morgan fingerprint density at radius 1 is 1.15 bits per heavy atom. The van der Waals surface area contributed by atoms with Gasteiger partial charge in [0, 0.05) is 40.6 Å². The lowest BCUT2D eigenvalue weighted by Gasteiger charge is -2.32. The molecule has 1 heterocycles. The summed E-state index contributed by atoms with van der Waals surface area (Å²) in [6.45, 7) is 2.83. The van der Waals surface area contributed by atoms with Crippen LogP contribution in [-0.2, 0) is 6.54 Å². The third-order valence-corrected chi connectivity index (χ3v) is 6.09. The number of carbonyl (C=O) groups is 1. The Balaban J connectivity index is 2.10. The van der Waals surface area contributed by atoms with Crippen LogP contribution in [0.5, 0.6) is 0 Å². The Morgan fingerprint density at radius 2 is 1.85 bits per heavy atom. The zero-order valence-electron chi connectivity index (χ0n) is 18.4. The summed E-state index contributed by atoms with van der Waals surface area (Å²) in [4.78, 5) is 23.3. The van der Waals surface area contributed by atoms with Gasteiger partial charge < -0.3 is 15.6 Å². The average molecular weight is 542 g/mol. The van der Waals surface area contributed by atoms with Gasteiger partial charge in [-0.05, 0) is 42.3 Å². The number of benzene rings is 2. The van der Waals surface area contributed by atoms with E-state index in [1.165, 1.54) is 4.90 Å². The number of nitrogens with zero attached hydrogens (tertiary/aromatic N) is 4.